The smallest absolute Gasteiger partial charge is 0.245 e. The number of fused-ring (bicyclic) bond motifs is 1. The molecule has 0 amide bonds. The highest BCUT2D eigenvalue weighted by Crippen LogP contribution is 2.11. The molecule has 0 bridgehead atoms. The average molecular weight is 261 g/mol. The van der Waals surface area contributed by atoms with E-state index in [1.807, 2.05) is 41.7 Å². The molecule has 1 atom stereocenters. The molecular weight excluding hydrogens is 242 g/mol. The minimum absolute atomic E-state index is 0.201. The number of likely N-dealkylation sites (N-methyl/N-ethyl adjacent to an activating group) is 1. The molecule has 0 spiro atoms. The van der Waals surface area contributed by atoms with Crippen molar-refractivity contribution in [1.29, 1.82) is 0 Å². The molecule has 1 saturated heterocycles. The number of anilines is 1. The molecule has 0 radical (unpaired) electrons. The van der Waals surface area contributed by atoms with Crippen LogP contribution in [0.3, 0.4) is 0 Å². The number of nitrogens with one attached hydrogen (secondary N) is 1. The first kappa shape index (κ1) is 12.4. The first-order valence-corrected chi connectivity index (χ1v) is 6.59. The molecule has 6 heteroatoms. The van der Waals surface area contributed by atoms with E-state index in [4.69, 9.17) is 4.74 Å². The number of rotatable bonds is 3. The van der Waals surface area contributed by atoms with Crippen LogP contribution in [0.15, 0.2) is 18.3 Å². The Bertz CT molecular complexity index is 561. The SMILES string of the molecule is Cc1ccc2nc(N(C)CC3CNCCO3)nn2c1. The second-order valence-corrected chi connectivity index (χ2v) is 5.00. The van der Waals surface area contributed by atoms with Crippen LogP contribution in [0.4, 0.5) is 5.95 Å². The van der Waals surface area contributed by atoms with Crippen LogP contribution in [-0.4, -0.2) is 54.0 Å². The Morgan fingerprint density at radius 1 is 1.53 bits per heavy atom. The normalized spacial score (nSPS) is 19.8. The zero-order valence-corrected chi connectivity index (χ0v) is 11.3. The lowest BCUT2D eigenvalue weighted by Crippen LogP contribution is -2.44. The van der Waals surface area contributed by atoms with Crippen molar-refractivity contribution >= 4 is 11.6 Å². The van der Waals surface area contributed by atoms with Gasteiger partial charge in [0.05, 0.1) is 12.7 Å². The van der Waals surface area contributed by atoms with Crippen molar-refractivity contribution in [1.82, 2.24) is 19.9 Å². The van der Waals surface area contributed by atoms with Gasteiger partial charge in [0, 0.05) is 32.9 Å². The summed E-state index contributed by atoms with van der Waals surface area (Å²) in [5, 5.41) is 7.82. The number of morpholine rings is 1. The molecule has 3 heterocycles. The van der Waals surface area contributed by atoms with E-state index in [0.29, 0.717) is 0 Å². The summed E-state index contributed by atoms with van der Waals surface area (Å²) in [5.41, 5.74) is 2.04. The van der Waals surface area contributed by atoms with Gasteiger partial charge in [-0.3, -0.25) is 0 Å². The summed E-state index contributed by atoms with van der Waals surface area (Å²) < 4.78 is 7.52. The Kier molecular flexibility index (Phi) is 3.35. The first-order valence-electron chi connectivity index (χ1n) is 6.59. The van der Waals surface area contributed by atoms with Gasteiger partial charge in [0.15, 0.2) is 5.65 Å². The Balaban J connectivity index is 1.75. The van der Waals surface area contributed by atoms with Gasteiger partial charge in [0.1, 0.15) is 0 Å². The van der Waals surface area contributed by atoms with E-state index in [1.54, 1.807) is 0 Å². The van der Waals surface area contributed by atoms with Gasteiger partial charge in [-0.25, -0.2) is 4.52 Å². The summed E-state index contributed by atoms with van der Waals surface area (Å²) in [4.78, 5) is 6.56. The van der Waals surface area contributed by atoms with Crippen LogP contribution in [0.1, 0.15) is 5.56 Å². The molecular formula is C13H19N5O. The predicted molar refractivity (Wildman–Crippen MR) is 73.6 cm³/mol. The summed E-state index contributed by atoms with van der Waals surface area (Å²) in [7, 11) is 2.00. The Morgan fingerprint density at radius 2 is 2.42 bits per heavy atom. The monoisotopic (exact) mass is 261 g/mol. The molecule has 19 heavy (non-hydrogen) atoms. The molecule has 0 aliphatic carbocycles. The van der Waals surface area contributed by atoms with Gasteiger partial charge < -0.3 is 15.0 Å². The third-order valence-electron chi connectivity index (χ3n) is 3.29. The zero-order chi connectivity index (χ0) is 13.2. The zero-order valence-electron chi connectivity index (χ0n) is 11.3. The summed E-state index contributed by atoms with van der Waals surface area (Å²) in [6, 6.07) is 4.03. The quantitative estimate of drug-likeness (QED) is 0.870. The highest BCUT2D eigenvalue weighted by atomic mass is 16.5. The van der Waals surface area contributed by atoms with E-state index >= 15 is 0 Å². The Labute approximate surface area is 112 Å². The predicted octanol–water partition coefficient (Wildman–Crippen LogP) is 0.462. The van der Waals surface area contributed by atoms with Gasteiger partial charge in [-0.2, -0.15) is 4.98 Å². The summed E-state index contributed by atoms with van der Waals surface area (Å²) in [6.07, 6.45) is 2.19. The van der Waals surface area contributed by atoms with E-state index < -0.39 is 0 Å². The van der Waals surface area contributed by atoms with Gasteiger partial charge >= 0.3 is 0 Å². The second kappa shape index (κ2) is 5.14. The molecule has 2 aromatic rings. The van der Waals surface area contributed by atoms with E-state index in [9.17, 15) is 0 Å². The van der Waals surface area contributed by atoms with Gasteiger partial charge in [-0.05, 0) is 18.6 Å². The van der Waals surface area contributed by atoms with Crippen LogP contribution in [0, 0.1) is 6.92 Å². The van der Waals surface area contributed by atoms with Crippen molar-refractivity contribution in [3.8, 4) is 0 Å². The number of aryl methyl sites for hydroxylation is 1. The second-order valence-electron chi connectivity index (χ2n) is 5.00. The maximum atomic E-state index is 5.70. The van der Waals surface area contributed by atoms with Gasteiger partial charge in [0.2, 0.25) is 5.95 Å². The third-order valence-corrected chi connectivity index (χ3v) is 3.29. The van der Waals surface area contributed by atoms with Crippen molar-refractivity contribution in [2.45, 2.75) is 13.0 Å². The van der Waals surface area contributed by atoms with E-state index in [0.717, 1.165) is 37.8 Å². The van der Waals surface area contributed by atoms with Crippen LogP contribution >= 0.6 is 0 Å². The summed E-state index contributed by atoms with van der Waals surface area (Å²) in [5.74, 6) is 0.736. The summed E-state index contributed by atoms with van der Waals surface area (Å²) >= 11 is 0. The first-order chi connectivity index (χ1) is 9.22. The lowest BCUT2D eigenvalue weighted by molar-refractivity contribution is 0.0338. The van der Waals surface area contributed by atoms with Crippen LogP contribution in [0.25, 0.3) is 5.65 Å². The fraction of sp³-hybridized carbons (Fsp3) is 0.538. The van der Waals surface area contributed by atoms with Gasteiger partial charge in [-0.15, -0.1) is 5.10 Å². The number of ether oxygens (including phenoxy) is 1. The molecule has 2 aromatic heterocycles. The van der Waals surface area contributed by atoms with Crippen molar-refractivity contribution in [3.05, 3.63) is 23.9 Å². The van der Waals surface area contributed by atoms with Crippen molar-refractivity contribution in [2.75, 3.05) is 38.2 Å². The number of aromatic nitrogens is 3. The minimum atomic E-state index is 0.201. The molecule has 3 rings (SSSR count). The summed E-state index contributed by atoms with van der Waals surface area (Å²) in [6.45, 7) is 5.44. The van der Waals surface area contributed by atoms with E-state index in [-0.39, 0.29) is 6.10 Å². The molecule has 1 N–H and O–H groups in total. The topological polar surface area (TPSA) is 54.7 Å². The number of hydrogen-bond acceptors (Lipinski definition) is 5. The number of nitrogens with zero attached hydrogens (tertiary/aromatic N) is 4. The Morgan fingerprint density at radius 3 is 3.21 bits per heavy atom. The number of hydrogen-bond donors (Lipinski definition) is 1. The molecule has 102 valence electrons. The molecule has 1 unspecified atom stereocenters. The van der Waals surface area contributed by atoms with Crippen molar-refractivity contribution in [3.63, 3.8) is 0 Å². The largest absolute Gasteiger partial charge is 0.374 e. The van der Waals surface area contributed by atoms with E-state index in [1.165, 1.54) is 5.56 Å². The lowest BCUT2D eigenvalue weighted by Gasteiger charge is -2.27. The van der Waals surface area contributed by atoms with Crippen LogP contribution in [-0.2, 0) is 4.74 Å². The lowest BCUT2D eigenvalue weighted by atomic mass is 10.3. The van der Waals surface area contributed by atoms with Crippen molar-refractivity contribution < 1.29 is 4.74 Å². The molecule has 1 aliphatic heterocycles. The van der Waals surface area contributed by atoms with Crippen LogP contribution < -0.4 is 10.2 Å². The highest BCUT2D eigenvalue weighted by molar-refractivity contribution is 5.45. The Hall–Kier alpha value is -1.66. The molecule has 1 aliphatic rings. The highest BCUT2D eigenvalue weighted by Gasteiger charge is 2.17. The molecule has 0 saturated carbocycles. The fourth-order valence-corrected chi connectivity index (χ4v) is 2.26. The fourth-order valence-electron chi connectivity index (χ4n) is 2.26. The maximum Gasteiger partial charge on any atom is 0.245 e. The van der Waals surface area contributed by atoms with Crippen LogP contribution in [0.2, 0.25) is 0 Å². The number of pyridine rings is 1. The van der Waals surface area contributed by atoms with Crippen LogP contribution in [0.5, 0.6) is 0 Å². The maximum absolute atomic E-state index is 5.70. The molecule has 0 aromatic carbocycles. The standard InChI is InChI=1S/C13H19N5O/c1-10-3-4-12-15-13(16-18(12)8-10)17(2)9-11-7-14-5-6-19-11/h3-4,8,11,14H,5-7,9H2,1-2H3. The molecule has 1 fully saturated rings. The van der Waals surface area contributed by atoms with Gasteiger partial charge in [-0.1, -0.05) is 6.07 Å². The molecule has 6 nitrogen and oxygen atoms in total. The van der Waals surface area contributed by atoms with Crippen molar-refractivity contribution in [2.24, 2.45) is 0 Å². The average Bonchev–Trinajstić information content (AvgIpc) is 2.83. The third kappa shape index (κ3) is 2.69. The van der Waals surface area contributed by atoms with Gasteiger partial charge in [0.25, 0.3) is 0 Å². The van der Waals surface area contributed by atoms with E-state index in [2.05, 4.69) is 15.4 Å². The minimum Gasteiger partial charge on any atom is -0.374 e.